The van der Waals surface area contributed by atoms with E-state index in [0.717, 1.165) is 44.6 Å². The molecule has 0 aromatic rings. The van der Waals surface area contributed by atoms with Crippen LogP contribution in [0.25, 0.3) is 0 Å². The van der Waals surface area contributed by atoms with E-state index in [0.29, 0.717) is 24.6 Å². The van der Waals surface area contributed by atoms with Crippen molar-refractivity contribution < 1.29 is 19.0 Å². The van der Waals surface area contributed by atoms with Crippen LogP contribution >= 0.6 is 0 Å². The quantitative estimate of drug-likeness (QED) is 0.788. The highest BCUT2D eigenvalue weighted by molar-refractivity contribution is 5.84. The van der Waals surface area contributed by atoms with E-state index < -0.39 is 0 Å². The molecule has 3 atom stereocenters. The second-order valence-electron chi connectivity index (χ2n) is 8.50. The molecule has 0 aromatic heterocycles. The first-order chi connectivity index (χ1) is 11.7. The van der Waals surface area contributed by atoms with E-state index in [1.165, 1.54) is 25.7 Å². The third-order valence-electron chi connectivity index (χ3n) is 6.76. The highest BCUT2D eigenvalue weighted by Crippen LogP contribution is 2.37. The Hall–Kier alpha value is -0.450. The fourth-order valence-corrected chi connectivity index (χ4v) is 5.14. The largest absolute Gasteiger partial charge is 0.375 e. The van der Waals surface area contributed by atoms with Crippen molar-refractivity contribution in [1.29, 1.82) is 0 Å². The highest BCUT2D eigenvalue weighted by atomic mass is 16.6. The molecule has 2 aliphatic carbocycles. The number of rotatable bonds is 4. The molecule has 2 aliphatic heterocycles. The topological polar surface area (TPSA) is 44.8 Å². The molecule has 4 aliphatic rings. The molecule has 4 fully saturated rings. The average Bonchev–Trinajstić information content (AvgIpc) is 3.20. The lowest BCUT2D eigenvalue weighted by molar-refractivity contribution is -0.132. The monoisotopic (exact) mass is 336 g/mol. The Balaban J connectivity index is 1.23. The van der Waals surface area contributed by atoms with Crippen LogP contribution in [-0.4, -0.2) is 43.4 Å². The molecule has 0 radical (unpaired) electrons. The minimum absolute atomic E-state index is 0.0141. The van der Waals surface area contributed by atoms with Gasteiger partial charge in [-0.1, -0.05) is 6.92 Å². The number of ketones is 1. The van der Waals surface area contributed by atoms with Crippen LogP contribution in [0.3, 0.4) is 0 Å². The van der Waals surface area contributed by atoms with E-state index in [2.05, 4.69) is 6.92 Å². The van der Waals surface area contributed by atoms with Crippen LogP contribution < -0.4 is 0 Å². The third-order valence-corrected chi connectivity index (χ3v) is 6.76. The predicted molar refractivity (Wildman–Crippen MR) is 90.8 cm³/mol. The van der Waals surface area contributed by atoms with Gasteiger partial charge in [-0.2, -0.15) is 0 Å². The first kappa shape index (κ1) is 17.0. The lowest BCUT2D eigenvalue weighted by Crippen LogP contribution is -2.37. The van der Waals surface area contributed by atoms with E-state index in [1.807, 2.05) is 0 Å². The lowest BCUT2D eigenvalue weighted by atomic mass is 9.79. The van der Waals surface area contributed by atoms with Gasteiger partial charge in [0.1, 0.15) is 5.78 Å². The molecule has 1 unspecified atom stereocenters. The molecule has 0 bridgehead atoms. The van der Waals surface area contributed by atoms with E-state index in [9.17, 15) is 4.79 Å². The Labute approximate surface area is 145 Å². The van der Waals surface area contributed by atoms with Crippen LogP contribution in [0.1, 0.15) is 64.7 Å². The van der Waals surface area contributed by atoms with Gasteiger partial charge in [0.2, 0.25) is 0 Å². The molecular weight excluding hydrogens is 304 g/mol. The number of ether oxygens (including phenoxy) is 3. The maximum atomic E-state index is 12.9. The second-order valence-corrected chi connectivity index (χ2v) is 8.50. The SMILES string of the molecule is CC1CCC(OC2CCC(C(=O)C3CO[C@H]4CCO[C@@H]34)CC2)CC1. The van der Waals surface area contributed by atoms with Crippen molar-refractivity contribution in [3.05, 3.63) is 0 Å². The summed E-state index contributed by atoms with van der Waals surface area (Å²) in [5.41, 5.74) is 0. The zero-order valence-corrected chi connectivity index (χ0v) is 15.0. The maximum Gasteiger partial charge on any atom is 0.144 e. The summed E-state index contributed by atoms with van der Waals surface area (Å²) in [4.78, 5) is 12.9. The van der Waals surface area contributed by atoms with Crippen molar-refractivity contribution in [3.8, 4) is 0 Å². The van der Waals surface area contributed by atoms with Gasteiger partial charge >= 0.3 is 0 Å². The molecule has 0 N–H and O–H groups in total. The highest BCUT2D eigenvalue weighted by Gasteiger charge is 2.47. The van der Waals surface area contributed by atoms with E-state index in [-0.39, 0.29) is 24.0 Å². The molecule has 24 heavy (non-hydrogen) atoms. The molecule has 136 valence electrons. The minimum atomic E-state index is -0.0141. The molecule has 2 heterocycles. The summed E-state index contributed by atoms with van der Waals surface area (Å²) in [5.74, 6) is 1.45. The van der Waals surface area contributed by atoms with Crippen LogP contribution in [-0.2, 0) is 19.0 Å². The zero-order valence-electron chi connectivity index (χ0n) is 15.0. The third kappa shape index (κ3) is 3.56. The Kier molecular flexibility index (Phi) is 5.26. The van der Waals surface area contributed by atoms with Crippen molar-refractivity contribution in [2.45, 2.75) is 89.1 Å². The number of carbonyl (C=O) groups is 1. The summed E-state index contributed by atoms with van der Waals surface area (Å²) in [6.45, 7) is 3.67. The van der Waals surface area contributed by atoms with Crippen LogP contribution in [0, 0.1) is 17.8 Å². The number of fused-ring (bicyclic) bond motifs is 1. The van der Waals surface area contributed by atoms with Gasteiger partial charge in [-0.05, 0) is 63.7 Å². The van der Waals surface area contributed by atoms with Crippen molar-refractivity contribution in [2.75, 3.05) is 13.2 Å². The smallest absolute Gasteiger partial charge is 0.144 e. The normalized spacial score (nSPS) is 46.0. The number of Topliss-reactive ketones (excluding diaryl/α,β-unsaturated/α-hetero) is 1. The number of carbonyl (C=O) groups excluding carboxylic acids is 1. The van der Waals surface area contributed by atoms with E-state index in [4.69, 9.17) is 14.2 Å². The van der Waals surface area contributed by atoms with E-state index >= 15 is 0 Å². The molecule has 4 nitrogen and oxygen atoms in total. The molecule has 4 heteroatoms. The van der Waals surface area contributed by atoms with Gasteiger partial charge in [0.05, 0.1) is 36.9 Å². The Morgan fingerprint density at radius 3 is 2.25 bits per heavy atom. The van der Waals surface area contributed by atoms with Gasteiger partial charge < -0.3 is 14.2 Å². The van der Waals surface area contributed by atoms with Crippen molar-refractivity contribution >= 4 is 5.78 Å². The standard InChI is InChI=1S/C20H32O4/c1-13-2-6-15(7-3-13)24-16-8-4-14(5-9-16)19(21)17-12-23-18-10-11-22-20(17)18/h13-18,20H,2-12H2,1H3/t13?,14?,15?,16?,17?,18-,20-/m0/s1. The summed E-state index contributed by atoms with van der Waals surface area (Å²) in [7, 11) is 0. The van der Waals surface area contributed by atoms with Gasteiger partial charge in [-0.3, -0.25) is 4.79 Å². The predicted octanol–water partition coefficient (Wildman–Crippen LogP) is 3.51. The zero-order chi connectivity index (χ0) is 16.5. The lowest BCUT2D eigenvalue weighted by Gasteiger charge is -2.34. The minimum Gasteiger partial charge on any atom is -0.375 e. The second kappa shape index (κ2) is 7.43. The van der Waals surface area contributed by atoms with Crippen LogP contribution in [0.15, 0.2) is 0 Å². The Morgan fingerprint density at radius 2 is 1.54 bits per heavy atom. The van der Waals surface area contributed by atoms with Gasteiger partial charge in [0.25, 0.3) is 0 Å². The Morgan fingerprint density at radius 1 is 0.875 bits per heavy atom. The summed E-state index contributed by atoms with van der Waals surface area (Å²) < 4.78 is 17.9. The fourth-order valence-electron chi connectivity index (χ4n) is 5.14. The summed E-state index contributed by atoms with van der Waals surface area (Å²) in [6, 6.07) is 0. The van der Waals surface area contributed by atoms with Crippen molar-refractivity contribution in [3.63, 3.8) is 0 Å². The van der Waals surface area contributed by atoms with Gasteiger partial charge in [0.15, 0.2) is 0 Å². The van der Waals surface area contributed by atoms with Crippen LogP contribution in [0.4, 0.5) is 0 Å². The van der Waals surface area contributed by atoms with Crippen molar-refractivity contribution in [2.24, 2.45) is 17.8 Å². The molecule has 2 saturated heterocycles. The molecule has 4 rings (SSSR count). The van der Waals surface area contributed by atoms with Gasteiger partial charge in [0, 0.05) is 12.5 Å². The first-order valence-electron chi connectivity index (χ1n) is 10.1. The first-order valence-corrected chi connectivity index (χ1v) is 10.1. The molecule has 2 saturated carbocycles. The maximum absolute atomic E-state index is 12.9. The molecule has 0 amide bonds. The average molecular weight is 336 g/mol. The molecular formula is C20H32O4. The fraction of sp³-hybridized carbons (Fsp3) is 0.950. The van der Waals surface area contributed by atoms with Crippen LogP contribution in [0.2, 0.25) is 0 Å². The number of hydrogen-bond donors (Lipinski definition) is 0. The molecule has 0 aromatic carbocycles. The summed E-state index contributed by atoms with van der Waals surface area (Å²) >= 11 is 0. The summed E-state index contributed by atoms with van der Waals surface area (Å²) in [6.07, 6.45) is 11.1. The van der Waals surface area contributed by atoms with Crippen LogP contribution in [0.5, 0.6) is 0 Å². The van der Waals surface area contributed by atoms with Gasteiger partial charge in [-0.15, -0.1) is 0 Å². The Bertz CT molecular complexity index is 435. The number of hydrogen-bond acceptors (Lipinski definition) is 4. The van der Waals surface area contributed by atoms with Crippen molar-refractivity contribution in [1.82, 2.24) is 0 Å². The van der Waals surface area contributed by atoms with E-state index in [1.54, 1.807) is 0 Å². The molecule has 0 spiro atoms. The summed E-state index contributed by atoms with van der Waals surface area (Å²) in [5, 5.41) is 0. The van der Waals surface area contributed by atoms with Gasteiger partial charge in [-0.25, -0.2) is 0 Å².